The molecule has 0 unspecified atom stereocenters. The van der Waals surface area contributed by atoms with Crippen molar-refractivity contribution in [2.75, 3.05) is 50.1 Å². The average molecular weight is 346 g/mol. The monoisotopic (exact) mass is 346 g/mol. The third-order valence-corrected chi connectivity index (χ3v) is 4.62. The van der Waals surface area contributed by atoms with E-state index in [9.17, 15) is 9.59 Å². The topological polar surface area (TPSA) is 73.9 Å². The molecule has 0 radical (unpaired) electrons. The molecule has 1 aromatic rings. The summed E-state index contributed by atoms with van der Waals surface area (Å²) < 4.78 is 5.70. The Labute approximate surface area is 148 Å². The maximum Gasteiger partial charge on any atom is 0.241 e. The predicted molar refractivity (Wildman–Crippen MR) is 96.7 cm³/mol. The SMILES string of the molecule is C[C@@H]1CC(=O)Nc2ccccc2N1C(=O)CNC[C@@H]1CN(C)CCO1. The number of rotatable bonds is 4. The van der Waals surface area contributed by atoms with Crippen molar-refractivity contribution in [3.8, 4) is 0 Å². The highest BCUT2D eigenvalue weighted by molar-refractivity contribution is 6.04. The molecule has 2 atom stereocenters. The van der Waals surface area contributed by atoms with Gasteiger partial charge in [0.05, 0.1) is 30.6 Å². The van der Waals surface area contributed by atoms with Gasteiger partial charge in [-0.1, -0.05) is 12.1 Å². The Balaban J connectivity index is 1.63. The van der Waals surface area contributed by atoms with Crippen LogP contribution in [0.15, 0.2) is 24.3 Å². The molecule has 1 aromatic carbocycles. The van der Waals surface area contributed by atoms with Crippen molar-refractivity contribution in [3.05, 3.63) is 24.3 Å². The molecule has 0 aliphatic carbocycles. The first kappa shape index (κ1) is 17.8. The normalized spacial score (nSPS) is 24.4. The van der Waals surface area contributed by atoms with Crippen LogP contribution in [0.2, 0.25) is 0 Å². The number of nitrogens with one attached hydrogen (secondary N) is 2. The van der Waals surface area contributed by atoms with Crippen LogP contribution in [0.3, 0.4) is 0 Å². The first-order chi connectivity index (χ1) is 12.0. The summed E-state index contributed by atoms with van der Waals surface area (Å²) in [7, 11) is 2.07. The highest BCUT2D eigenvalue weighted by Crippen LogP contribution is 2.31. The molecule has 0 spiro atoms. The second kappa shape index (κ2) is 7.95. The Morgan fingerprint density at radius 2 is 2.20 bits per heavy atom. The van der Waals surface area contributed by atoms with E-state index in [4.69, 9.17) is 4.74 Å². The smallest absolute Gasteiger partial charge is 0.241 e. The molecule has 0 bridgehead atoms. The number of fused-ring (bicyclic) bond motifs is 1. The van der Waals surface area contributed by atoms with Gasteiger partial charge in [0.25, 0.3) is 0 Å². The van der Waals surface area contributed by atoms with Gasteiger partial charge in [-0.15, -0.1) is 0 Å². The molecule has 7 heteroatoms. The Hall–Kier alpha value is -1.96. The first-order valence-corrected chi connectivity index (χ1v) is 8.76. The molecule has 2 N–H and O–H groups in total. The minimum absolute atomic E-state index is 0.0411. The lowest BCUT2D eigenvalue weighted by Gasteiger charge is -2.31. The molecular weight excluding hydrogens is 320 g/mol. The van der Waals surface area contributed by atoms with Crippen molar-refractivity contribution in [3.63, 3.8) is 0 Å². The van der Waals surface area contributed by atoms with E-state index in [0.29, 0.717) is 12.2 Å². The van der Waals surface area contributed by atoms with Crippen molar-refractivity contribution >= 4 is 23.2 Å². The van der Waals surface area contributed by atoms with Gasteiger partial charge in [0.15, 0.2) is 0 Å². The van der Waals surface area contributed by atoms with Crippen LogP contribution in [0, 0.1) is 0 Å². The van der Waals surface area contributed by atoms with Crippen LogP contribution < -0.4 is 15.5 Å². The number of hydrogen-bond acceptors (Lipinski definition) is 5. The molecule has 1 saturated heterocycles. The molecule has 0 aromatic heterocycles. The van der Waals surface area contributed by atoms with Crippen molar-refractivity contribution in [2.24, 2.45) is 0 Å². The van der Waals surface area contributed by atoms with E-state index in [1.54, 1.807) is 4.90 Å². The van der Waals surface area contributed by atoms with Crippen LogP contribution in [0.25, 0.3) is 0 Å². The van der Waals surface area contributed by atoms with Crippen molar-refractivity contribution in [1.82, 2.24) is 10.2 Å². The zero-order chi connectivity index (χ0) is 17.8. The fraction of sp³-hybridized carbons (Fsp3) is 0.556. The van der Waals surface area contributed by atoms with Crippen LogP contribution in [0.1, 0.15) is 13.3 Å². The zero-order valence-electron chi connectivity index (χ0n) is 14.8. The lowest BCUT2D eigenvalue weighted by atomic mass is 10.1. The molecule has 2 aliphatic rings. The maximum absolute atomic E-state index is 12.8. The average Bonchev–Trinajstić information content (AvgIpc) is 2.69. The predicted octanol–water partition coefficient (Wildman–Crippen LogP) is 0.671. The Kier molecular flexibility index (Phi) is 5.67. The number of amides is 2. The maximum atomic E-state index is 12.8. The minimum Gasteiger partial charge on any atom is -0.374 e. The van der Waals surface area contributed by atoms with Crippen molar-refractivity contribution in [2.45, 2.75) is 25.5 Å². The summed E-state index contributed by atoms with van der Waals surface area (Å²) in [5.41, 5.74) is 1.43. The number of carbonyl (C=O) groups is 2. The number of nitrogens with zero attached hydrogens (tertiary/aromatic N) is 2. The molecule has 7 nitrogen and oxygen atoms in total. The standard InChI is InChI=1S/C18H26N4O3/c1-13-9-17(23)20-15-5-3-4-6-16(15)22(13)18(24)11-19-10-14-12-21(2)7-8-25-14/h3-6,13-14,19H,7-12H2,1-2H3,(H,20,23)/t13-,14-/m1/s1. The molecule has 1 fully saturated rings. The summed E-state index contributed by atoms with van der Waals surface area (Å²) >= 11 is 0. The number of benzene rings is 1. The van der Waals surface area contributed by atoms with Crippen molar-refractivity contribution in [1.29, 1.82) is 0 Å². The van der Waals surface area contributed by atoms with Gasteiger partial charge in [-0.3, -0.25) is 9.59 Å². The fourth-order valence-corrected chi connectivity index (χ4v) is 3.38. The van der Waals surface area contributed by atoms with Gasteiger partial charge in [0, 0.05) is 32.1 Å². The summed E-state index contributed by atoms with van der Waals surface area (Å²) in [5, 5.41) is 6.08. The highest BCUT2D eigenvalue weighted by Gasteiger charge is 2.29. The quantitative estimate of drug-likeness (QED) is 0.838. The highest BCUT2D eigenvalue weighted by atomic mass is 16.5. The minimum atomic E-state index is -0.185. The number of hydrogen-bond donors (Lipinski definition) is 2. The van der Waals surface area contributed by atoms with Crippen LogP contribution in [0.5, 0.6) is 0 Å². The largest absolute Gasteiger partial charge is 0.374 e. The van der Waals surface area contributed by atoms with E-state index in [0.717, 1.165) is 25.4 Å². The van der Waals surface area contributed by atoms with Gasteiger partial charge < -0.3 is 25.2 Å². The van der Waals surface area contributed by atoms with E-state index in [-0.39, 0.29) is 36.9 Å². The Morgan fingerprint density at radius 3 is 3.00 bits per heavy atom. The van der Waals surface area contributed by atoms with Crippen molar-refractivity contribution < 1.29 is 14.3 Å². The fourth-order valence-electron chi connectivity index (χ4n) is 3.38. The lowest BCUT2D eigenvalue weighted by molar-refractivity contribution is -0.118. The second-order valence-corrected chi connectivity index (χ2v) is 6.77. The second-order valence-electron chi connectivity index (χ2n) is 6.77. The molecular formula is C18H26N4O3. The molecule has 136 valence electrons. The van der Waals surface area contributed by atoms with E-state index in [2.05, 4.69) is 22.6 Å². The van der Waals surface area contributed by atoms with Crippen LogP contribution in [-0.4, -0.2) is 68.7 Å². The number of carbonyl (C=O) groups excluding carboxylic acids is 2. The van der Waals surface area contributed by atoms with E-state index < -0.39 is 0 Å². The number of morpholine rings is 1. The Bertz CT molecular complexity index is 637. The Morgan fingerprint density at radius 1 is 1.40 bits per heavy atom. The molecule has 25 heavy (non-hydrogen) atoms. The van der Waals surface area contributed by atoms with Gasteiger partial charge in [-0.05, 0) is 26.1 Å². The van der Waals surface area contributed by atoms with Crippen LogP contribution in [0.4, 0.5) is 11.4 Å². The number of ether oxygens (including phenoxy) is 1. The van der Waals surface area contributed by atoms with E-state index in [1.807, 2.05) is 31.2 Å². The zero-order valence-corrected chi connectivity index (χ0v) is 14.8. The molecule has 3 rings (SSSR count). The van der Waals surface area contributed by atoms with E-state index in [1.165, 1.54) is 0 Å². The van der Waals surface area contributed by atoms with Gasteiger partial charge in [0.2, 0.25) is 11.8 Å². The number of para-hydroxylation sites is 2. The summed E-state index contributed by atoms with van der Waals surface area (Å²) in [6.45, 7) is 5.29. The van der Waals surface area contributed by atoms with Gasteiger partial charge in [0.1, 0.15) is 0 Å². The van der Waals surface area contributed by atoms with Gasteiger partial charge in [-0.2, -0.15) is 0 Å². The molecule has 0 saturated carbocycles. The summed E-state index contributed by atoms with van der Waals surface area (Å²) in [4.78, 5) is 28.7. The molecule has 2 heterocycles. The summed E-state index contributed by atoms with van der Waals surface area (Å²) in [6.07, 6.45) is 0.389. The lowest BCUT2D eigenvalue weighted by Crippen LogP contribution is -2.48. The number of anilines is 2. The first-order valence-electron chi connectivity index (χ1n) is 8.76. The van der Waals surface area contributed by atoms with Gasteiger partial charge >= 0.3 is 0 Å². The van der Waals surface area contributed by atoms with Crippen LogP contribution in [-0.2, 0) is 14.3 Å². The number of likely N-dealkylation sites (N-methyl/N-ethyl adjacent to an activating group) is 1. The third-order valence-electron chi connectivity index (χ3n) is 4.62. The van der Waals surface area contributed by atoms with Crippen LogP contribution >= 0.6 is 0 Å². The van der Waals surface area contributed by atoms with Gasteiger partial charge in [-0.25, -0.2) is 0 Å². The molecule has 2 aliphatic heterocycles. The summed E-state index contributed by atoms with van der Waals surface area (Å²) in [6, 6.07) is 7.24. The molecule has 2 amide bonds. The van der Waals surface area contributed by atoms with E-state index >= 15 is 0 Å². The third kappa shape index (κ3) is 4.36. The summed E-state index contributed by atoms with van der Waals surface area (Å²) in [5.74, 6) is -0.109.